The van der Waals surface area contributed by atoms with Gasteiger partial charge in [-0.2, -0.15) is 4.31 Å². The molecule has 0 saturated heterocycles. The number of fused-ring (bicyclic) bond motifs is 1. The van der Waals surface area contributed by atoms with Crippen molar-refractivity contribution >= 4 is 16.7 Å². The summed E-state index contributed by atoms with van der Waals surface area (Å²) in [5.41, 5.74) is 4.63. The summed E-state index contributed by atoms with van der Waals surface area (Å²) in [4.78, 5) is 12.9. The van der Waals surface area contributed by atoms with Gasteiger partial charge in [-0.05, 0) is 74.6 Å². The summed E-state index contributed by atoms with van der Waals surface area (Å²) >= 11 is 0. The van der Waals surface area contributed by atoms with E-state index in [2.05, 4.69) is 26.7 Å². The Labute approximate surface area is 292 Å². The zero-order valence-electron chi connectivity index (χ0n) is 28.8. The van der Waals surface area contributed by atoms with Crippen molar-refractivity contribution in [2.24, 2.45) is 5.41 Å². The Morgan fingerprint density at radius 2 is 1.66 bits per heavy atom. The zero-order chi connectivity index (χ0) is 35.6. The summed E-state index contributed by atoms with van der Waals surface area (Å²) in [6, 6.07) is 20.8. The Balaban J connectivity index is 1.19. The second-order valence-corrected chi connectivity index (χ2v) is 15.4. The van der Waals surface area contributed by atoms with Crippen LogP contribution in [0.2, 0.25) is 0 Å². The van der Waals surface area contributed by atoms with Crippen LogP contribution in [0.4, 0.5) is 0 Å². The van der Waals surface area contributed by atoms with Crippen molar-refractivity contribution in [1.29, 1.82) is 0 Å². The van der Waals surface area contributed by atoms with Crippen LogP contribution in [0.1, 0.15) is 66.1 Å². The molecule has 0 radical (unpaired) electrons. The van der Waals surface area contributed by atoms with E-state index in [1.807, 2.05) is 63.4 Å². The normalized spacial score (nSPS) is 17.4. The van der Waals surface area contributed by atoms with Gasteiger partial charge in [0.25, 0.3) is 0 Å². The van der Waals surface area contributed by atoms with E-state index >= 15 is 0 Å². The van der Waals surface area contributed by atoms with Gasteiger partial charge >= 0.3 is 5.97 Å². The van der Waals surface area contributed by atoms with Gasteiger partial charge in [-0.15, -0.1) is 21.0 Å². The molecule has 3 N–H and O–H groups in total. The number of aromatic nitrogens is 6. The van der Waals surface area contributed by atoms with Gasteiger partial charge in [0, 0.05) is 12.7 Å². The molecule has 5 aromatic rings. The molecule has 14 heteroatoms. The molecule has 2 unspecified atom stereocenters. The van der Waals surface area contributed by atoms with E-state index < -0.39 is 28.3 Å². The molecule has 0 fully saturated rings. The maximum absolute atomic E-state index is 12.5. The summed E-state index contributed by atoms with van der Waals surface area (Å²) in [5.74, 6) is -0.563. The highest BCUT2D eigenvalue weighted by molar-refractivity contribution is 8.22. The minimum absolute atomic E-state index is 0.0363. The molecule has 0 bridgehead atoms. The molecule has 0 amide bonds. The number of ether oxygens (including phenoxy) is 2. The zero-order valence-corrected chi connectivity index (χ0v) is 29.6. The monoisotopic (exact) mass is 701 g/mol. The third kappa shape index (κ3) is 7.74. The van der Waals surface area contributed by atoms with Crippen LogP contribution in [0.15, 0.2) is 84.0 Å². The lowest BCUT2D eigenvalue weighted by Crippen LogP contribution is -2.34. The molecule has 2 atom stereocenters. The molecule has 1 aliphatic heterocycles. The van der Waals surface area contributed by atoms with E-state index in [1.165, 1.54) is 0 Å². The van der Waals surface area contributed by atoms with E-state index in [9.17, 15) is 19.0 Å². The van der Waals surface area contributed by atoms with Gasteiger partial charge in [0.1, 0.15) is 22.4 Å². The number of nitrogens with zero attached hydrogens (tertiary/aromatic N) is 7. The second-order valence-electron chi connectivity index (χ2n) is 13.4. The Morgan fingerprint density at radius 3 is 2.36 bits per heavy atom. The average Bonchev–Trinajstić information content (AvgIpc) is 3.67. The average molecular weight is 702 g/mol. The summed E-state index contributed by atoms with van der Waals surface area (Å²) in [6.45, 7) is 10.6. The molecule has 264 valence electrons. The maximum Gasteiger partial charge on any atom is 0.312 e. The van der Waals surface area contributed by atoms with E-state index in [0.717, 1.165) is 27.9 Å². The number of carboxylic acid groups (broad SMARTS) is 1. The first-order valence-corrected chi connectivity index (χ1v) is 17.9. The van der Waals surface area contributed by atoms with E-state index in [0.29, 0.717) is 35.0 Å². The molecular weight excluding hydrogens is 659 g/mol. The first-order valence-electron chi connectivity index (χ1n) is 16.4. The molecule has 3 heterocycles. The largest absolute Gasteiger partial charge is 0.487 e. The molecule has 0 aliphatic carbocycles. The minimum atomic E-state index is -3.37. The summed E-state index contributed by atoms with van der Waals surface area (Å²) < 4.78 is 40.4. The van der Waals surface area contributed by atoms with Gasteiger partial charge in [0.2, 0.25) is 0 Å². The Morgan fingerprint density at radius 1 is 0.960 bits per heavy atom. The molecule has 2 aromatic heterocycles. The van der Waals surface area contributed by atoms with Gasteiger partial charge in [-0.1, -0.05) is 65.0 Å². The fraction of sp³-hybridized carbons (Fsp3) is 0.361. The van der Waals surface area contributed by atoms with Gasteiger partial charge in [-0.3, -0.25) is 13.9 Å². The van der Waals surface area contributed by atoms with Crippen molar-refractivity contribution < 1.29 is 28.5 Å². The van der Waals surface area contributed by atoms with Crippen LogP contribution in [0.25, 0.3) is 0 Å². The summed E-state index contributed by atoms with van der Waals surface area (Å²) in [5, 5.41) is 27.0. The molecule has 3 aromatic carbocycles. The topological polar surface area (TPSA) is 161 Å². The fourth-order valence-electron chi connectivity index (χ4n) is 6.08. The van der Waals surface area contributed by atoms with Crippen molar-refractivity contribution in [3.63, 3.8) is 0 Å². The molecule has 0 spiro atoms. The molecule has 1 aliphatic rings. The number of benzene rings is 3. The lowest BCUT2D eigenvalue weighted by Gasteiger charge is -2.42. The number of para-hydroxylation sites is 1. The lowest BCUT2D eigenvalue weighted by molar-refractivity contribution is -0.158. The Bertz CT molecular complexity index is 1980. The number of aliphatic carboxylic acids is 1. The van der Waals surface area contributed by atoms with E-state index in [-0.39, 0.29) is 25.8 Å². The second kappa shape index (κ2) is 14.3. The lowest BCUT2D eigenvalue weighted by atomic mass is 9.81. The third-order valence-electron chi connectivity index (χ3n) is 8.84. The first kappa shape index (κ1) is 35.2. The number of rotatable bonds is 12. The number of hydrogen-bond acceptors (Lipinski definition) is 10. The molecule has 0 saturated carbocycles. The van der Waals surface area contributed by atoms with Gasteiger partial charge in [-0.25, -0.2) is 9.36 Å². The Hall–Kier alpha value is -4.60. The van der Waals surface area contributed by atoms with Crippen molar-refractivity contribution in [1.82, 2.24) is 34.3 Å². The van der Waals surface area contributed by atoms with Gasteiger partial charge < -0.3 is 14.6 Å². The number of aryl methyl sites for hydroxylation is 2. The highest BCUT2D eigenvalue weighted by atomic mass is 32.3. The van der Waals surface area contributed by atoms with Crippen LogP contribution >= 0.6 is 10.8 Å². The number of carboxylic acids is 1. The van der Waals surface area contributed by atoms with Crippen LogP contribution < -0.4 is 4.74 Å². The SMILES string of the molecule is Cc1cn(Cc2cccc(Cn3cc(COC(c4ccc(C)c(CN5CC(C)Oc6ccccc6S5(O)O)c4)C(C)(C)C(=O)O)nn3)c2)nn1. The van der Waals surface area contributed by atoms with Crippen molar-refractivity contribution in [3.8, 4) is 5.75 Å². The molecule has 6 rings (SSSR count). The quantitative estimate of drug-likeness (QED) is 0.135. The standard InChI is InChI=1S/C36H43N7O6S/c1-24-13-14-29(16-30(24)21-43-18-26(3)49-32-11-6-7-12-33(32)50(43,46)47)34(36(4,5)35(44)45)48-23-31-22-42(40-38-31)20-28-10-8-9-27(15-28)19-41-17-25(2)37-39-41/h6-17,22,26,34,46-47H,18-21,23H2,1-5H3,(H,44,45). The van der Waals surface area contributed by atoms with Crippen LogP contribution in [-0.2, 0) is 35.8 Å². The van der Waals surface area contributed by atoms with Crippen LogP contribution in [-0.4, -0.2) is 67.1 Å². The van der Waals surface area contributed by atoms with Crippen molar-refractivity contribution in [2.75, 3.05) is 6.54 Å². The fourth-order valence-corrected chi connectivity index (χ4v) is 7.75. The minimum Gasteiger partial charge on any atom is -0.487 e. The van der Waals surface area contributed by atoms with Crippen LogP contribution in [0.3, 0.4) is 0 Å². The van der Waals surface area contributed by atoms with E-state index in [1.54, 1.807) is 58.0 Å². The van der Waals surface area contributed by atoms with Gasteiger partial charge in [0.05, 0.1) is 49.7 Å². The smallest absolute Gasteiger partial charge is 0.312 e. The summed E-state index contributed by atoms with van der Waals surface area (Å²) in [6.07, 6.45) is 2.54. The van der Waals surface area contributed by atoms with E-state index in [4.69, 9.17) is 9.47 Å². The number of carbonyl (C=O) groups is 1. The predicted octanol–water partition coefficient (Wildman–Crippen LogP) is 6.26. The highest BCUT2D eigenvalue weighted by Gasteiger charge is 2.40. The molecule has 50 heavy (non-hydrogen) atoms. The van der Waals surface area contributed by atoms with Crippen LogP contribution in [0.5, 0.6) is 5.75 Å². The summed E-state index contributed by atoms with van der Waals surface area (Å²) in [7, 11) is -3.37. The highest BCUT2D eigenvalue weighted by Crippen LogP contribution is 2.57. The maximum atomic E-state index is 12.5. The predicted molar refractivity (Wildman–Crippen MR) is 188 cm³/mol. The molecular formula is C36H43N7O6S. The first-order chi connectivity index (χ1) is 23.8. The van der Waals surface area contributed by atoms with Crippen LogP contribution in [0, 0.1) is 19.3 Å². The van der Waals surface area contributed by atoms with Gasteiger partial charge in [0.15, 0.2) is 0 Å². The Kier molecular flexibility index (Phi) is 10.1. The molecule has 13 nitrogen and oxygen atoms in total. The van der Waals surface area contributed by atoms with Crippen molar-refractivity contribution in [2.45, 2.75) is 78.0 Å². The van der Waals surface area contributed by atoms with Crippen molar-refractivity contribution in [3.05, 3.63) is 118 Å². The third-order valence-corrected chi connectivity index (χ3v) is 10.8. The number of hydrogen-bond donors (Lipinski definition) is 3.